The van der Waals surface area contributed by atoms with E-state index in [4.69, 9.17) is 16.7 Å². The molecule has 6 heteroatoms. The van der Waals surface area contributed by atoms with Gasteiger partial charge in [0.1, 0.15) is 5.38 Å². The lowest BCUT2D eigenvalue weighted by Crippen LogP contribution is -2.12. The lowest BCUT2D eigenvalue weighted by atomic mass is 10.0. The quantitative estimate of drug-likeness (QED) is 0.580. The van der Waals surface area contributed by atoms with Crippen LogP contribution in [0.25, 0.3) is 0 Å². The third-order valence-electron chi connectivity index (χ3n) is 2.23. The van der Waals surface area contributed by atoms with E-state index in [0.29, 0.717) is 10.5 Å². The van der Waals surface area contributed by atoms with Gasteiger partial charge >= 0.3 is 5.97 Å². The van der Waals surface area contributed by atoms with E-state index in [-0.39, 0.29) is 11.3 Å². The fraction of sp³-hybridized carbons (Fsp3) is 0.273. The summed E-state index contributed by atoms with van der Waals surface area (Å²) in [4.78, 5) is 22.1. The average molecular weight is 275 g/mol. The number of alkyl halides is 1. The van der Waals surface area contributed by atoms with Crippen LogP contribution in [-0.4, -0.2) is 22.0 Å². The van der Waals surface area contributed by atoms with Crippen molar-refractivity contribution in [3.8, 4) is 0 Å². The molecule has 0 aliphatic heterocycles. The molecule has 2 unspecified atom stereocenters. The molecule has 1 aromatic carbocycles. The van der Waals surface area contributed by atoms with Gasteiger partial charge in [-0.3, -0.25) is 4.79 Å². The second-order valence-corrected chi connectivity index (χ2v) is 4.45. The van der Waals surface area contributed by atoms with Crippen molar-refractivity contribution >= 4 is 36.0 Å². The second kappa shape index (κ2) is 5.53. The number of aliphatic hydroxyl groups is 1. The maximum Gasteiger partial charge on any atom is 0.337 e. The Morgan fingerprint density at radius 3 is 2.47 bits per heavy atom. The van der Waals surface area contributed by atoms with Crippen molar-refractivity contribution < 1.29 is 19.8 Å². The van der Waals surface area contributed by atoms with E-state index < -0.39 is 17.5 Å². The van der Waals surface area contributed by atoms with Gasteiger partial charge in [0.15, 0.2) is 11.9 Å². The predicted octanol–water partition coefficient (Wildman–Crippen LogP) is 1.96. The number of halogens is 1. The number of aliphatic carboxylic acids is 1. The van der Waals surface area contributed by atoms with Crippen LogP contribution in [0.15, 0.2) is 23.1 Å². The number of carbonyl (C=O) groups is 2. The van der Waals surface area contributed by atoms with Crippen LogP contribution in [0.3, 0.4) is 0 Å². The van der Waals surface area contributed by atoms with Crippen molar-refractivity contribution in [1.29, 1.82) is 0 Å². The van der Waals surface area contributed by atoms with Gasteiger partial charge in [0.05, 0.1) is 0 Å². The number of aliphatic hydroxyl groups excluding tert-OH is 1. The molecule has 0 fully saturated rings. The summed E-state index contributed by atoms with van der Waals surface area (Å²) in [5.74, 6) is -1.64. The molecule has 2 N–H and O–H groups in total. The third-order valence-corrected chi connectivity index (χ3v) is 3.20. The monoisotopic (exact) mass is 274 g/mol. The summed E-state index contributed by atoms with van der Waals surface area (Å²) in [6, 6.07) is 4.44. The van der Waals surface area contributed by atoms with Gasteiger partial charge in [-0.1, -0.05) is 6.07 Å². The molecule has 0 saturated carbocycles. The number of carboxylic acids is 1. The summed E-state index contributed by atoms with van der Waals surface area (Å²) in [7, 11) is 0. The molecule has 1 aromatic rings. The van der Waals surface area contributed by atoms with E-state index in [1.54, 1.807) is 6.07 Å². The number of ketones is 1. The molecule has 0 bridgehead atoms. The molecule has 0 saturated heterocycles. The van der Waals surface area contributed by atoms with Crippen molar-refractivity contribution in [2.75, 3.05) is 0 Å². The number of hydrogen-bond acceptors (Lipinski definition) is 4. The van der Waals surface area contributed by atoms with Crippen molar-refractivity contribution in [3.63, 3.8) is 0 Å². The van der Waals surface area contributed by atoms with Crippen molar-refractivity contribution in [1.82, 2.24) is 0 Å². The number of rotatable bonds is 4. The average Bonchev–Trinajstić information content (AvgIpc) is 2.27. The number of hydrogen-bond donors (Lipinski definition) is 3. The summed E-state index contributed by atoms with van der Waals surface area (Å²) >= 11 is 9.89. The number of carboxylic acid groups (broad SMARTS) is 1. The van der Waals surface area contributed by atoms with Gasteiger partial charge in [0.2, 0.25) is 0 Å². The van der Waals surface area contributed by atoms with Gasteiger partial charge < -0.3 is 10.2 Å². The molecule has 0 spiro atoms. The normalized spacial score (nSPS) is 14.1. The predicted molar refractivity (Wildman–Crippen MR) is 65.6 cm³/mol. The highest BCUT2D eigenvalue weighted by atomic mass is 35.5. The van der Waals surface area contributed by atoms with Crippen LogP contribution < -0.4 is 0 Å². The zero-order chi connectivity index (χ0) is 13.2. The molecular formula is C11H11ClO4S. The molecule has 17 heavy (non-hydrogen) atoms. The molecule has 0 aliphatic rings. The standard InChI is InChI=1S/C11H11ClO4S/c1-5(13)9(12)6-2-3-8(17)7(4-6)10(14)11(15)16/h2-4,9-10,14,17H,1H3,(H,15,16). The first-order valence-corrected chi connectivity index (χ1v) is 5.61. The Bertz CT molecular complexity index is 461. The summed E-state index contributed by atoms with van der Waals surface area (Å²) in [6.07, 6.45) is -1.68. The van der Waals surface area contributed by atoms with Crippen LogP contribution in [0, 0.1) is 0 Å². The highest BCUT2D eigenvalue weighted by Gasteiger charge is 2.21. The van der Waals surface area contributed by atoms with E-state index in [1.807, 2.05) is 0 Å². The fourth-order valence-electron chi connectivity index (χ4n) is 1.32. The maximum absolute atomic E-state index is 11.1. The van der Waals surface area contributed by atoms with Gasteiger partial charge in [-0.2, -0.15) is 0 Å². The largest absolute Gasteiger partial charge is 0.479 e. The minimum Gasteiger partial charge on any atom is -0.479 e. The lowest BCUT2D eigenvalue weighted by molar-refractivity contribution is -0.147. The van der Waals surface area contributed by atoms with Crippen LogP contribution >= 0.6 is 24.2 Å². The van der Waals surface area contributed by atoms with Crippen molar-refractivity contribution in [3.05, 3.63) is 29.3 Å². The molecule has 0 heterocycles. The van der Waals surface area contributed by atoms with Crippen LogP contribution in [0.1, 0.15) is 29.5 Å². The number of benzene rings is 1. The first-order valence-electron chi connectivity index (χ1n) is 4.72. The molecule has 0 radical (unpaired) electrons. The Morgan fingerprint density at radius 2 is 2.00 bits per heavy atom. The SMILES string of the molecule is CC(=O)C(Cl)c1ccc(S)c(C(O)C(=O)O)c1. The minimum atomic E-state index is -1.68. The zero-order valence-corrected chi connectivity index (χ0v) is 10.6. The smallest absolute Gasteiger partial charge is 0.337 e. The molecule has 0 aliphatic carbocycles. The molecular weight excluding hydrogens is 264 g/mol. The van der Waals surface area contributed by atoms with Gasteiger partial charge in [-0.15, -0.1) is 24.2 Å². The summed E-state index contributed by atoms with van der Waals surface area (Å²) < 4.78 is 0. The third kappa shape index (κ3) is 3.21. The molecule has 4 nitrogen and oxygen atoms in total. The van der Waals surface area contributed by atoms with Gasteiger partial charge in [0.25, 0.3) is 0 Å². The maximum atomic E-state index is 11.1. The van der Waals surface area contributed by atoms with E-state index in [9.17, 15) is 14.7 Å². The van der Waals surface area contributed by atoms with Crippen molar-refractivity contribution in [2.24, 2.45) is 0 Å². The Hall–Kier alpha value is -1.04. The summed E-state index contributed by atoms with van der Waals surface area (Å²) in [6.45, 7) is 1.33. The summed E-state index contributed by atoms with van der Waals surface area (Å²) in [5, 5.41) is 17.3. The zero-order valence-electron chi connectivity index (χ0n) is 8.92. The minimum absolute atomic E-state index is 0.116. The first-order chi connectivity index (χ1) is 7.84. The first kappa shape index (κ1) is 14.0. The molecule has 0 amide bonds. The Kier molecular flexibility index (Phi) is 4.56. The molecule has 2 atom stereocenters. The van der Waals surface area contributed by atoms with Gasteiger partial charge in [-0.25, -0.2) is 4.79 Å². The number of thiol groups is 1. The van der Waals surface area contributed by atoms with Crippen molar-refractivity contribution in [2.45, 2.75) is 23.3 Å². The van der Waals surface area contributed by atoms with Crippen LogP contribution in [-0.2, 0) is 9.59 Å². The molecule has 92 valence electrons. The number of Topliss-reactive ketones (excluding diaryl/α,β-unsaturated/α-hetero) is 1. The molecule has 1 rings (SSSR count). The van der Waals surface area contributed by atoms with Crippen LogP contribution in [0.2, 0.25) is 0 Å². The van der Waals surface area contributed by atoms with E-state index >= 15 is 0 Å². The Balaban J connectivity index is 3.19. The highest BCUT2D eigenvalue weighted by Crippen LogP contribution is 2.28. The number of carbonyl (C=O) groups excluding carboxylic acids is 1. The van der Waals surface area contributed by atoms with Crippen LogP contribution in [0.5, 0.6) is 0 Å². The molecule has 0 aromatic heterocycles. The fourth-order valence-corrected chi connectivity index (χ4v) is 1.71. The van der Waals surface area contributed by atoms with Gasteiger partial charge in [0, 0.05) is 10.5 Å². The van der Waals surface area contributed by atoms with E-state index in [2.05, 4.69) is 12.6 Å². The lowest BCUT2D eigenvalue weighted by Gasteiger charge is -2.13. The van der Waals surface area contributed by atoms with Crippen LogP contribution in [0.4, 0.5) is 0 Å². The Labute approximate surface area is 109 Å². The highest BCUT2D eigenvalue weighted by molar-refractivity contribution is 7.80. The van der Waals surface area contributed by atoms with E-state index in [0.717, 1.165) is 0 Å². The van der Waals surface area contributed by atoms with Gasteiger partial charge in [-0.05, 0) is 24.6 Å². The van der Waals surface area contributed by atoms with E-state index in [1.165, 1.54) is 19.1 Å². The topological polar surface area (TPSA) is 74.6 Å². The summed E-state index contributed by atoms with van der Waals surface area (Å²) in [5.41, 5.74) is 0.553. The Morgan fingerprint density at radius 1 is 1.41 bits per heavy atom. The second-order valence-electron chi connectivity index (χ2n) is 3.53.